The van der Waals surface area contributed by atoms with E-state index in [-0.39, 0.29) is 23.8 Å². The lowest BCUT2D eigenvalue weighted by Crippen LogP contribution is -2.45. The van der Waals surface area contributed by atoms with E-state index < -0.39 is 15.9 Å². The third-order valence-electron chi connectivity index (χ3n) is 4.93. The number of carbonyl (C=O) groups is 2. The van der Waals surface area contributed by atoms with Crippen LogP contribution in [0.15, 0.2) is 65.1 Å². The Hall–Kier alpha value is -3.01. The van der Waals surface area contributed by atoms with Crippen LogP contribution in [0.2, 0.25) is 0 Å². The third-order valence-corrected chi connectivity index (χ3v) is 6.19. The Morgan fingerprint density at radius 2 is 1.74 bits per heavy atom. The van der Waals surface area contributed by atoms with Crippen molar-refractivity contribution in [3.05, 3.63) is 71.3 Å². The van der Waals surface area contributed by atoms with Gasteiger partial charge in [0.1, 0.15) is 5.75 Å². The SMILES string of the molecule is COc1ccc(C(=O)CN2CCC=C(C(=O)NNS(=O)(=O)c3ccc(C)cc3)C2)cc1. The molecule has 0 aromatic heterocycles. The first-order chi connectivity index (χ1) is 14.8. The molecule has 2 N–H and O–H groups in total. The molecule has 0 atom stereocenters. The first kappa shape index (κ1) is 22.7. The number of nitrogens with zero attached hydrogens (tertiary/aromatic N) is 1. The molecule has 0 radical (unpaired) electrons. The van der Waals surface area contributed by atoms with E-state index in [9.17, 15) is 18.0 Å². The minimum atomic E-state index is -3.87. The predicted molar refractivity (Wildman–Crippen MR) is 116 cm³/mol. The predicted octanol–water partition coefficient (Wildman–Crippen LogP) is 1.83. The zero-order chi connectivity index (χ0) is 22.4. The molecule has 0 unspecified atom stereocenters. The number of aryl methyl sites for hydroxylation is 1. The first-order valence-electron chi connectivity index (χ1n) is 9.76. The number of ketones is 1. The summed E-state index contributed by atoms with van der Waals surface area (Å²) in [6.45, 7) is 2.89. The quantitative estimate of drug-likeness (QED) is 0.476. The lowest BCUT2D eigenvalue weighted by molar-refractivity contribution is -0.118. The van der Waals surface area contributed by atoms with Gasteiger partial charge >= 0.3 is 0 Å². The number of ether oxygens (including phenoxy) is 1. The fourth-order valence-electron chi connectivity index (χ4n) is 3.15. The highest BCUT2D eigenvalue weighted by molar-refractivity contribution is 7.89. The Kier molecular flexibility index (Phi) is 7.21. The molecule has 0 saturated carbocycles. The largest absolute Gasteiger partial charge is 0.497 e. The molecule has 0 spiro atoms. The molecule has 1 aliphatic rings. The minimum absolute atomic E-state index is 0.0581. The maximum Gasteiger partial charge on any atom is 0.263 e. The molecule has 1 heterocycles. The van der Waals surface area contributed by atoms with Crippen LogP contribution < -0.4 is 15.0 Å². The van der Waals surface area contributed by atoms with Crippen molar-refractivity contribution in [2.45, 2.75) is 18.2 Å². The molecule has 0 bridgehead atoms. The van der Waals surface area contributed by atoms with Crippen molar-refractivity contribution in [2.75, 3.05) is 26.7 Å². The first-order valence-corrected chi connectivity index (χ1v) is 11.2. The van der Waals surface area contributed by atoms with Gasteiger partial charge in [-0.25, -0.2) is 8.42 Å². The van der Waals surface area contributed by atoms with E-state index in [1.54, 1.807) is 49.6 Å². The summed E-state index contributed by atoms with van der Waals surface area (Å²) in [4.78, 5) is 29.0. The number of hydrogen-bond acceptors (Lipinski definition) is 6. The van der Waals surface area contributed by atoms with E-state index in [2.05, 4.69) is 10.3 Å². The average Bonchev–Trinajstić information content (AvgIpc) is 2.78. The highest BCUT2D eigenvalue weighted by Gasteiger charge is 2.22. The lowest BCUT2D eigenvalue weighted by Gasteiger charge is -2.26. The van der Waals surface area contributed by atoms with Crippen molar-refractivity contribution in [1.29, 1.82) is 0 Å². The van der Waals surface area contributed by atoms with Gasteiger partial charge in [0.15, 0.2) is 5.78 Å². The molecular formula is C22H25N3O5S. The number of hydrogen-bond donors (Lipinski definition) is 2. The van der Waals surface area contributed by atoms with Crippen molar-refractivity contribution in [1.82, 2.24) is 15.2 Å². The minimum Gasteiger partial charge on any atom is -0.497 e. The van der Waals surface area contributed by atoms with E-state index in [4.69, 9.17) is 4.74 Å². The molecular weight excluding hydrogens is 418 g/mol. The standard InChI is InChI=1S/C22H25N3O5S/c1-16-5-11-20(12-6-16)31(28,29)24-23-22(27)18-4-3-13-25(14-18)15-21(26)17-7-9-19(30-2)10-8-17/h4-12,24H,3,13-15H2,1-2H3,(H,23,27). The van der Waals surface area contributed by atoms with Crippen LogP contribution in [0.1, 0.15) is 22.3 Å². The average molecular weight is 444 g/mol. The van der Waals surface area contributed by atoms with Crippen molar-refractivity contribution in [3.8, 4) is 5.75 Å². The molecule has 2 aromatic carbocycles. The summed E-state index contributed by atoms with van der Waals surface area (Å²) in [6, 6.07) is 13.1. The number of benzene rings is 2. The Balaban J connectivity index is 1.55. The Morgan fingerprint density at radius 3 is 2.39 bits per heavy atom. The fourth-order valence-corrected chi connectivity index (χ4v) is 3.99. The van der Waals surface area contributed by atoms with Gasteiger partial charge in [0.2, 0.25) is 0 Å². The van der Waals surface area contributed by atoms with Gasteiger partial charge in [-0.1, -0.05) is 23.8 Å². The maximum atomic E-state index is 12.5. The van der Waals surface area contributed by atoms with Gasteiger partial charge in [-0.3, -0.25) is 19.9 Å². The zero-order valence-electron chi connectivity index (χ0n) is 17.4. The van der Waals surface area contributed by atoms with Crippen LogP contribution in [0, 0.1) is 6.92 Å². The highest BCUT2D eigenvalue weighted by Crippen LogP contribution is 2.15. The number of carbonyl (C=O) groups excluding carboxylic acids is 2. The van der Waals surface area contributed by atoms with Gasteiger partial charge in [0, 0.05) is 24.2 Å². The fraction of sp³-hybridized carbons (Fsp3) is 0.273. The normalized spacial score (nSPS) is 14.6. The molecule has 3 rings (SSSR count). The molecule has 164 valence electrons. The lowest BCUT2D eigenvalue weighted by atomic mass is 10.1. The summed E-state index contributed by atoms with van der Waals surface area (Å²) in [7, 11) is -2.31. The van der Waals surface area contributed by atoms with E-state index in [1.807, 2.05) is 11.8 Å². The second-order valence-corrected chi connectivity index (χ2v) is 8.94. The van der Waals surface area contributed by atoms with E-state index in [0.717, 1.165) is 5.56 Å². The Labute approximate surface area is 181 Å². The summed E-state index contributed by atoms with van der Waals surface area (Å²) < 4.78 is 29.8. The number of methoxy groups -OCH3 is 1. The van der Waals surface area contributed by atoms with E-state index >= 15 is 0 Å². The van der Waals surface area contributed by atoms with E-state index in [1.165, 1.54) is 12.1 Å². The molecule has 9 heteroatoms. The highest BCUT2D eigenvalue weighted by atomic mass is 32.2. The summed E-state index contributed by atoms with van der Waals surface area (Å²) >= 11 is 0. The second kappa shape index (κ2) is 9.86. The molecule has 0 aliphatic carbocycles. The van der Waals surface area contributed by atoms with Gasteiger partial charge in [0.05, 0.1) is 18.6 Å². The topological polar surface area (TPSA) is 105 Å². The van der Waals surface area contributed by atoms with Crippen LogP contribution in [-0.2, 0) is 14.8 Å². The van der Waals surface area contributed by atoms with Crippen LogP contribution in [0.5, 0.6) is 5.75 Å². The molecule has 8 nitrogen and oxygen atoms in total. The van der Waals surface area contributed by atoms with Gasteiger partial charge in [-0.05, 0) is 49.7 Å². The van der Waals surface area contributed by atoms with Gasteiger partial charge in [-0.2, -0.15) is 0 Å². The molecule has 0 saturated heterocycles. The number of Topliss-reactive ketones (excluding diaryl/α,β-unsaturated/α-hetero) is 1. The summed E-state index contributed by atoms with van der Waals surface area (Å²) in [5, 5.41) is 0. The Bertz CT molecular complexity index is 1080. The van der Waals surface area contributed by atoms with Crippen LogP contribution in [0.3, 0.4) is 0 Å². The number of sulfonamides is 1. The van der Waals surface area contributed by atoms with Crippen LogP contribution in [-0.4, -0.2) is 51.8 Å². The molecule has 1 aliphatic heterocycles. The number of hydrazine groups is 1. The zero-order valence-corrected chi connectivity index (χ0v) is 18.2. The van der Waals surface area contributed by atoms with Crippen molar-refractivity contribution >= 4 is 21.7 Å². The van der Waals surface area contributed by atoms with Crippen LogP contribution >= 0.6 is 0 Å². The van der Waals surface area contributed by atoms with Gasteiger partial charge in [-0.15, -0.1) is 4.83 Å². The van der Waals surface area contributed by atoms with Gasteiger partial charge < -0.3 is 4.74 Å². The monoisotopic (exact) mass is 443 g/mol. The summed E-state index contributed by atoms with van der Waals surface area (Å²) in [6.07, 6.45) is 2.34. The third kappa shape index (κ3) is 6.00. The number of amides is 1. The molecule has 1 amide bonds. The van der Waals surface area contributed by atoms with Crippen molar-refractivity contribution in [3.63, 3.8) is 0 Å². The molecule has 31 heavy (non-hydrogen) atoms. The summed E-state index contributed by atoms with van der Waals surface area (Å²) in [5.41, 5.74) is 4.15. The molecule has 0 fully saturated rings. The number of rotatable bonds is 8. The van der Waals surface area contributed by atoms with Gasteiger partial charge in [0.25, 0.3) is 15.9 Å². The summed E-state index contributed by atoms with van der Waals surface area (Å²) in [5.74, 6) is 0.0613. The van der Waals surface area contributed by atoms with Crippen LogP contribution in [0.4, 0.5) is 0 Å². The van der Waals surface area contributed by atoms with E-state index in [0.29, 0.717) is 29.9 Å². The Morgan fingerprint density at radius 1 is 1.06 bits per heavy atom. The van der Waals surface area contributed by atoms with Crippen molar-refractivity contribution in [2.24, 2.45) is 0 Å². The molecule has 2 aromatic rings. The number of nitrogens with one attached hydrogen (secondary N) is 2. The van der Waals surface area contributed by atoms with Crippen molar-refractivity contribution < 1.29 is 22.7 Å². The maximum absolute atomic E-state index is 12.5. The smallest absolute Gasteiger partial charge is 0.263 e. The van der Waals surface area contributed by atoms with Crippen LogP contribution in [0.25, 0.3) is 0 Å². The second-order valence-electron chi connectivity index (χ2n) is 7.25.